The molecule has 1 unspecified atom stereocenters. The van der Waals surface area contributed by atoms with Crippen molar-refractivity contribution in [3.8, 4) is 0 Å². The zero-order valence-corrected chi connectivity index (χ0v) is 10.9. The van der Waals surface area contributed by atoms with Gasteiger partial charge in [-0.25, -0.2) is 4.98 Å². The molecule has 2 N–H and O–H groups in total. The Morgan fingerprint density at radius 1 is 1.61 bits per heavy atom. The van der Waals surface area contributed by atoms with Crippen LogP contribution in [0.1, 0.15) is 5.69 Å². The number of rotatable bonds is 3. The van der Waals surface area contributed by atoms with Crippen LogP contribution in [0, 0.1) is 0 Å². The van der Waals surface area contributed by atoms with E-state index in [-0.39, 0.29) is 11.9 Å². The van der Waals surface area contributed by atoms with Crippen molar-refractivity contribution in [2.24, 2.45) is 0 Å². The number of hydrogen-bond donors (Lipinski definition) is 2. The molecule has 1 aromatic rings. The van der Waals surface area contributed by atoms with E-state index >= 15 is 0 Å². The molecule has 1 saturated heterocycles. The van der Waals surface area contributed by atoms with Crippen LogP contribution >= 0.6 is 11.6 Å². The molecule has 1 amide bonds. The van der Waals surface area contributed by atoms with Crippen LogP contribution in [0.5, 0.6) is 0 Å². The second-order valence-electron chi connectivity index (χ2n) is 4.14. The number of nitrogens with one attached hydrogen (secondary N) is 2. The van der Waals surface area contributed by atoms with Gasteiger partial charge in [-0.3, -0.25) is 14.7 Å². The molecule has 0 aliphatic carbocycles. The number of nitrogens with zero attached hydrogens (tertiary/aromatic N) is 3. The fourth-order valence-corrected chi connectivity index (χ4v) is 2.09. The summed E-state index contributed by atoms with van der Waals surface area (Å²) in [4.78, 5) is 22.1. The first-order chi connectivity index (χ1) is 8.70. The van der Waals surface area contributed by atoms with E-state index < -0.39 is 0 Å². The molecule has 0 radical (unpaired) electrons. The van der Waals surface area contributed by atoms with Crippen LogP contribution in [0.15, 0.2) is 12.4 Å². The van der Waals surface area contributed by atoms with Gasteiger partial charge in [0.2, 0.25) is 5.91 Å². The van der Waals surface area contributed by atoms with Crippen LogP contribution < -0.4 is 10.6 Å². The van der Waals surface area contributed by atoms with Crippen molar-refractivity contribution in [3.63, 3.8) is 0 Å². The van der Waals surface area contributed by atoms with Gasteiger partial charge in [0.1, 0.15) is 11.2 Å². The first-order valence-electron chi connectivity index (χ1n) is 5.83. The topological polar surface area (TPSA) is 70.2 Å². The van der Waals surface area contributed by atoms with Crippen molar-refractivity contribution in [2.75, 3.05) is 26.7 Å². The largest absolute Gasteiger partial charge is 0.358 e. The minimum atomic E-state index is -0.166. The molecule has 2 heterocycles. The number of amides is 1. The average Bonchev–Trinajstić information content (AvgIpc) is 2.41. The van der Waals surface area contributed by atoms with E-state index in [9.17, 15) is 4.79 Å². The Hall–Kier alpha value is -1.24. The van der Waals surface area contributed by atoms with Gasteiger partial charge < -0.3 is 10.6 Å². The molecule has 1 atom stereocenters. The number of piperazine rings is 1. The van der Waals surface area contributed by atoms with Crippen molar-refractivity contribution < 1.29 is 4.79 Å². The van der Waals surface area contributed by atoms with Gasteiger partial charge in [-0.2, -0.15) is 0 Å². The molecule has 0 aromatic carbocycles. The summed E-state index contributed by atoms with van der Waals surface area (Å²) >= 11 is 5.69. The summed E-state index contributed by atoms with van der Waals surface area (Å²) in [5.74, 6) is 0.0177. The van der Waals surface area contributed by atoms with Crippen LogP contribution in [0.2, 0.25) is 5.15 Å². The standard InChI is InChI=1S/C11H16ClN5O/c1-13-11(18)9-5-14-2-3-17(9)7-8-4-16-10(12)6-15-8/h4,6,9,14H,2-3,5,7H2,1H3,(H,13,18). The normalized spacial score (nSPS) is 20.7. The molecular weight excluding hydrogens is 254 g/mol. The highest BCUT2D eigenvalue weighted by Gasteiger charge is 2.27. The molecule has 98 valence electrons. The van der Waals surface area contributed by atoms with Crippen molar-refractivity contribution in [1.82, 2.24) is 25.5 Å². The zero-order valence-electron chi connectivity index (χ0n) is 10.2. The number of likely N-dealkylation sites (N-methyl/N-ethyl adjacent to an activating group) is 1. The van der Waals surface area contributed by atoms with Gasteiger partial charge in [0.05, 0.1) is 18.1 Å². The predicted molar refractivity (Wildman–Crippen MR) is 68.2 cm³/mol. The molecule has 0 bridgehead atoms. The lowest BCUT2D eigenvalue weighted by atomic mass is 10.1. The van der Waals surface area contributed by atoms with Gasteiger partial charge in [-0.05, 0) is 0 Å². The van der Waals surface area contributed by atoms with Gasteiger partial charge in [0, 0.05) is 33.2 Å². The number of halogens is 1. The summed E-state index contributed by atoms with van der Waals surface area (Å²) in [5.41, 5.74) is 0.815. The molecule has 1 aliphatic rings. The third-order valence-electron chi connectivity index (χ3n) is 2.94. The van der Waals surface area contributed by atoms with Crippen molar-refractivity contribution in [1.29, 1.82) is 0 Å². The summed E-state index contributed by atoms with van der Waals surface area (Å²) in [5, 5.41) is 6.27. The van der Waals surface area contributed by atoms with E-state index in [1.54, 1.807) is 13.2 Å². The summed E-state index contributed by atoms with van der Waals surface area (Å²) in [6.07, 6.45) is 3.17. The van der Waals surface area contributed by atoms with Crippen molar-refractivity contribution in [3.05, 3.63) is 23.2 Å². The summed E-state index contributed by atoms with van der Waals surface area (Å²) in [6, 6.07) is -0.166. The first kappa shape index (κ1) is 13.2. The van der Waals surface area contributed by atoms with E-state index in [0.717, 1.165) is 18.8 Å². The highest BCUT2D eigenvalue weighted by molar-refractivity contribution is 6.29. The zero-order chi connectivity index (χ0) is 13.0. The summed E-state index contributed by atoms with van der Waals surface area (Å²) in [7, 11) is 1.65. The van der Waals surface area contributed by atoms with E-state index in [1.807, 2.05) is 0 Å². The molecule has 6 nitrogen and oxygen atoms in total. The van der Waals surface area contributed by atoms with Gasteiger partial charge in [-0.1, -0.05) is 11.6 Å². The Morgan fingerprint density at radius 3 is 3.11 bits per heavy atom. The minimum absolute atomic E-state index is 0.0177. The number of carbonyl (C=O) groups excluding carboxylic acids is 1. The van der Waals surface area contributed by atoms with E-state index in [1.165, 1.54) is 6.20 Å². The molecule has 2 rings (SSSR count). The Labute approximate surface area is 111 Å². The lowest BCUT2D eigenvalue weighted by molar-refractivity contribution is -0.126. The third kappa shape index (κ3) is 3.16. The van der Waals surface area contributed by atoms with Gasteiger partial charge >= 0.3 is 0 Å². The molecular formula is C11H16ClN5O. The van der Waals surface area contributed by atoms with Crippen LogP contribution in [0.25, 0.3) is 0 Å². The molecule has 1 fully saturated rings. The monoisotopic (exact) mass is 269 g/mol. The van der Waals surface area contributed by atoms with E-state index in [4.69, 9.17) is 11.6 Å². The molecule has 1 aromatic heterocycles. The molecule has 0 spiro atoms. The quantitative estimate of drug-likeness (QED) is 0.785. The highest BCUT2D eigenvalue weighted by atomic mass is 35.5. The third-order valence-corrected chi connectivity index (χ3v) is 3.14. The Balaban J connectivity index is 2.05. The van der Waals surface area contributed by atoms with Crippen LogP contribution in [0.3, 0.4) is 0 Å². The Kier molecular flexibility index (Phi) is 4.46. The van der Waals surface area contributed by atoms with Crippen LogP contribution in [-0.4, -0.2) is 53.5 Å². The van der Waals surface area contributed by atoms with Gasteiger partial charge in [0.15, 0.2) is 0 Å². The molecule has 1 aliphatic heterocycles. The maximum absolute atomic E-state index is 11.8. The maximum Gasteiger partial charge on any atom is 0.238 e. The smallest absolute Gasteiger partial charge is 0.238 e. The lowest BCUT2D eigenvalue weighted by Crippen LogP contribution is -2.56. The van der Waals surface area contributed by atoms with E-state index in [0.29, 0.717) is 18.2 Å². The van der Waals surface area contributed by atoms with Gasteiger partial charge in [0.25, 0.3) is 0 Å². The fraction of sp³-hybridized carbons (Fsp3) is 0.545. The fourth-order valence-electron chi connectivity index (χ4n) is 1.99. The van der Waals surface area contributed by atoms with Crippen LogP contribution in [-0.2, 0) is 11.3 Å². The molecule has 18 heavy (non-hydrogen) atoms. The lowest BCUT2D eigenvalue weighted by Gasteiger charge is -2.34. The Morgan fingerprint density at radius 2 is 2.44 bits per heavy atom. The Bertz CT molecular complexity index is 410. The van der Waals surface area contributed by atoms with Crippen molar-refractivity contribution >= 4 is 17.5 Å². The molecule has 7 heteroatoms. The number of carbonyl (C=O) groups is 1. The van der Waals surface area contributed by atoms with Gasteiger partial charge in [-0.15, -0.1) is 0 Å². The SMILES string of the molecule is CNC(=O)C1CNCCN1Cc1cnc(Cl)cn1. The number of hydrogen-bond acceptors (Lipinski definition) is 5. The number of aromatic nitrogens is 2. The molecule has 0 saturated carbocycles. The summed E-state index contributed by atoms with van der Waals surface area (Å²) < 4.78 is 0. The maximum atomic E-state index is 11.8. The second-order valence-corrected chi connectivity index (χ2v) is 4.52. The first-order valence-corrected chi connectivity index (χ1v) is 6.21. The summed E-state index contributed by atoms with van der Waals surface area (Å²) in [6.45, 7) is 2.93. The van der Waals surface area contributed by atoms with E-state index in [2.05, 4.69) is 25.5 Å². The van der Waals surface area contributed by atoms with Crippen LogP contribution in [0.4, 0.5) is 0 Å². The van der Waals surface area contributed by atoms with Crippen molar-refractivity contribution in [2.45, 2.75) is 12.6 Å². The predicted octanol–water partition coefficient (Wildman–Crippen LogP) is -0.350. The second kappa shape index (κ2) is 6.08. The highest BCUT2D eigenvalue weighted by Crippen LogP contribution is 2.09. The minimum Gasteiger partial charge on any atom is -0.358 e. The average molecular weight is 270 g/mol.